The van der Waals surface area contributed by atoms with Gasteiger partial charge in [-0.2, -0.15) is 18.3 Å². The highest BCUT2D eigenvalue weighted by atomic mass is 19.4. The van der Waals surface area contributed by atoms with Gasteiger partial charge >= 0.3 is 12.2 Å². The molecule has 2 aromatic rings. The van der Waals surface area contributed by atoms with E-state index in [0.29, 0.717) is 12.4 Å². The van der Waals surface area contributed by atoms with E-state index in [1.807, 2.05) is 0 Å². The summed E-state index contributed by atoms with van der Waals surface area (Å²) in [5.41, 5.74) is 0.230. The molecule has 0 aliphatic carbocycles. The van der Waals surface area contributed by atoms with Crippen LogP contribution < -0.4 is 5.32 Å². The number of likely N-dealkylation sites (tertiary alicyclic amines) is 1. The number of carbonyl (C=O) groups is 1. The van der Waals surface area contributed by atoms with Crippen molar-refractivity contribution in [1.29, 1.82) is 0 Å². The minimum atomic E-state index is -4.36. The van der Waals surface area contributed by atoms with Crippen LogP contribution in [0.1, 0.15) is 31.1 Å². The summed E-state index contributed by atoms with van der Waals surface area (Å²) in [4.78, 5) is 21.3. The van der Waals surface area contributed by atoms with Crippen LogP contribution in [0.15, 0.2) is 24.8 Å². The Morgan fingerprint density at radius 3 is 2.96 bits per heavy atom. The molecular weight excluding hydrogens is 325 g/mol. The molecule has 0 saturated carbocycles. The maximum Gasteiger partial charge on any atom is 0.408 e. The smallest absolute Gasteiger partial charge is 0.347 e. The van der Waals surface area contributed by atoms with Crippen LogP contribution >= 0.6 is 0 Å². The number of imidazole rings is 1. The summed E-state index contributed by atoms with van der Waals surface area (Å²) < 4.78 is 37.8. The van der Waals surface area contributed by atoms with Crippen LogP contribution in [-0.2, 0) is 6.54 Å². The molecule has 3 rings (SSSR count). The average molecular weight is 342 g/mol. The maximum absolute atomic E-state index is 12.5. The number of aromatic amines is 1. The zero-order valence-corrected chi connectivity index (χ0v) is 12.8. The first-order chi connectivity index (χ1) is 11.4. The van der Waals surface area contributed by atoms with Crippen LogP contribution in [0.5, 0.6) is 0 Å². The first-order valence-electron chi connectivity index (χ1n) is 7.58. The SMILES string of the molecule is O=C(Nc1cnn(CC(F)(F)F)c1)N1CCCCC1c1ncc[nH]1. The lowest BCUT2D eigenvalue weighted by Gasteiger charge is -2.34. The number of carbonyl (C=O) groups excluding carboxylic acids is 1. The first kappa shape index (κ1) is 16.3. The number of piperidine rings is 1. The highest BCUT2D eigenvalue weighted by molar-refractivity contribution is 5.89. The number of hydrogen-bond donors (Lipinski definition) is 2. The molecule has 1 aliphatic heterocycles. The first-order valence-corrected chi connectivity index (χ1v) is 7.58. The largest absolute Gasteiger partial charge is 0.408 e. The van der Waals surface area contributed by atoms with E-state index in [1.165, 1.54) is 6.20 Å². The molecule has 2 N–H and O–H groups in total. The second kappa shape index (κ2) is 6.54. The predicted octanol–water partition coefficient (Wildman–Crippen LogP) is 2.93. The summed E-state index contributed by atoms with van der Waals surface area (Å²) in [6.45, 7) is -0.629. The van der Waals surface area contributed by atoms with Gasteiger partial charge < -0.3 is 15.2 Å². The van der Waals surface area contributed by atoms with Crippen molar-refractivity contribution in [1.82, 2.24) is 24.6 Å². The molecule has 0 aromatic carbocycles. The lowest BCUT2D eigenvalue weighted by molar-refractivity contribution is -0.142. The zero-order valence-electron chi connectivity index (χ0n) is 12.8. The quantitative estimate of drug-likeness (QED) is 0.900. The Kier molecular flexibility index (Phi) is 4.45. The standard InChI is InChI=1S/C14H17F3N6O/c15-14(16,17)9-22-8-10(7-20-22)21-13(24)23-6-2-1-3-11(23)12-18-4-5-19-12/h4-5,7-8,11H,1-3,6,9H2,(H,18,19)(H,21,24). The molecule has 1 unspecified atom stereocenters. The van der Waals surface area contributed by atoms with E-state index in [2.05, 4.69) is 20.4 Å². The minimum Gasteiger partial charge on any atom is -0.347 e. The molecule has 1 aliphatic rings. The Labute approximate surface area is 135 Å². The van der Waals surface area contributed by atoms with Gasteiger partial charge in [-0.1, -0.05) is 0 Å². The summed E-state index contributed by atoms with van der Waals surface area (Å²) in [5, 5.41) is 6.22. The van der Waals surface area contributed by atoms with E-state index < -0.39 is 12.7 Å². The third-order valence-electron chi connectivity index (χ3n) is 3.82. The van der Waals surface area contributed by atoms with Crippen molar-refractivity contribution in [3.05, 3.63) is 30.6 Å². The van der Waals surface area contributed by atoms with Crippen LogP contribution in [0.2, 0.25) is 0 Å². The summed E-state index contributed by atoms with van der Waals surface area (Å²) in [5.74, 6) is 0.706. The molecule has 3 heterocycles. The van der Waals surface area contributed by atoms with Crippen molar-refractivity contribution < 1.29 is 18.0 Å². The van der Waals surface area contributed by atoms with Gasteiger partial charge in [0.05, 0.1) is 17.9 Å². The van der Waals surface area contributed by atoms with Crippen molar-refractivity contribution in [3.63, 3.8) is 0 Å². The zero-order chi connectivity index (χ0) is 17.2. The predicted molar refractivity (Wildman–Crippen MR) is 79.2 cm³/mol. The number of halogens is 3. The fourth-order valence-corrected chi connectivity index (χ4v) is 2.81. The molecule has 2 aromatic heterocycles. The van der Waals surface area contributed by atoms with Gasteiger partial charge in [0, 0.05) is 25.1 Å². The molecule has 1 fully saturated rings. The number of rotatable bonds is 3. The van der Waals surface area contributed by atoms with Crippen molar-refractivity contribution in [2.45, 2.75) is 38.0 Å². The van der Waals surface area contributed by atoms with Crippen molar-refractivity contribution in [3.8, 4) is 0 Å². The van der Waals surface area contributed by atoms with Crippen molar-refractivity contribution >= 4 is 11.7 Å². The summed E-state index contributed by atoms with van der Waals surface area (Å²) in [6, 6.07) is -0.540. The molecule has 10 heteroatoms. The molecule has 24 heavy (non-hydrogen) atoms. The van der Waals surface area contributed by atoms with Gasteiger partial charge in [-0.3, -0.25) is 4.68 Å². The van der Waals surface area contributed by atoms with Gasteiger partial charge in [0.2, 0.25) is 0 Å². The fourth-order valence-electron chi connectivity index (χ4n) is 2.81. The Morgan fingerprint density at radius 2 is 2.25 bits per heavy atom. The average Bonchev–Trinajstić information content (AvgIpc) is 3.17. The third-order valence-corrected chi connectivity index (χ3v) is 3.82. The normalized spacial score (nSPS) is 18.6. The topological polar surface area (TPSA) is 78.8 Å². The number of hydrogen-bond acceptors (Lipinski definition) is 3. The van der Waals surface area contributed by atoms with E-state index in [-0.39, 0.29) is 17.8 Å². The summed E-state index contributed by atoms with van der Waals surface area (Å²) >= 11 is 0. The van der Waals surface area contributed by atoms with Crippen LogP contribution in [0.25, 0.3) is 0 Å². The molecule has 0 spiro atoms. The van der Waals surface area contributed by atoms with Crippen molar-refractivity contribution in [2.24, 2.45) is 0 Å². The Morgan fingerprint density at radius 1 is 1.42 bits per heavy atom. The van der Waals surface area contributed by atoms with Gasteiger partial charge in [-0.15, -0.1) is 0 Å². The van der Waals surface area contributed by atoms with Crippen LogP contribution in [0, 0.1) is 0 Å². The van der Waals surface area contributed by atoms with E-state index in [1.54, 1.807) is 17.3 Å². The third kappa shape index (κ3) is 3.87. The van der Waals surface area contributed by atoms with Crippen LogP contribution in [-0.4, -0.2) is 43.4 Å². The van der Waals surface area contributed by atoms with E-state index >= 15 is 0 Å². The Hall–Kier alpha value is -2.52. The highest BCUT2D eigenvalue weighted by Gasteiger charge is 2.31. The second-order valence-corrected chi connectivity index (χ2v) is 5.65. The number of H-pyrrole nitrogens is 1. The molecule has 1 saturated heterocycles. The summed E-state index contributed by atoms with van der Waals surface area (Å²) in [7, 11) is 0. The summed E-state index contributed by atoms with van der Waals surface area (Å²) in [6.07, 6.45) is 3.98. The van der Waals surface area contributed by atoms with Crippen LogP contribution in [0.4, 0.5) is 23.7 Å². The molecule has 2 amide bonds. The Balaban J connectivity index is 1.67. The lowest BCUT2D eigenvalue weighted by Crippen LogP contribution is -2.41. The van der Waals surface area contributed by atoms with Gasteiger partial charge in [0.1, 0.15) is 12.4 Å². The van der Waals surface area contributed by atoms with Gasteiger partial charge in [-0.05, 0) is 19.3 Å². The fraction of sp³-hybridized carbons (Fsp3) is 0.500. The molecule has 0 radical (unpaired) electrons. The number of aromatic nitrogens is 4. The van der Waals surface area contributed by atoms with E-state index in [4.69, 9.17) is 0 Å². The van der Waals surface area contributed by atoms with Crippen LogP contribution in [0.3, 0.4) is 0 Å². The van der Waals surface area contributed by atoms with Crippen molar-refractivity contribution in [2.75, 3.05) is 11.9 Å². The highest BCUT2D eigenvalue weighted by Crippen LogP contribution is 2.29. The number of urea groups is 1. The maximum atomic E-state index is 12.5. The van der Waals surface area contributed by atoms with E-state index in [9.17, 15) is 18.0 Å². The minimum absolute atomic E-state index is 0.168. The second-order valence-electron chi connectivity index (χ2n) is 5.65. The van der Waals surface area contributed by atoms with E-state index in [0.717, 1.165) is 30.1 Å². The molecule has 130 valence electrons. The Bertz CT molecular complexity index is 681. The van der Waals surface area contributed by atoms with Gasteiger partial charge in [0.15, 0.2) is 0 Å². The lowest BCUT2D eigenvalue weighted by atomic mass is 10.0. The molecule has 0 bridgehead atoms. The molecule has 1 atom stereocenters. The molecule has 7 nitrogen and oxygen atoms in total. The monoisotopic (exact) mass is 342 g/mol. The van der Waals surface area contributed by atoms with Gasteiger partial charge in [-0.25, -0.2) is 9.78 Å². The number of nitrogens with zero attached hydrogens (tertiary/aromatic N) is 4. The number of amides is 2. The number of anilines is 1. The van der Waals surface area contributed by atoms with Gasteiger partial charge in [0.25, 0.3) is 0 Å². The number of alkyl halides is 3. The molecular formula is C14H17F3N6O. The number of nitrogens with one attached hydrogen (secondary N) is 2.